The van der Waals surface area contributed by atoms with E-state index in [1.807, 2.05) is 0 Å². The van der Waals surface area contributed by atoms with Gasteiger partial charge < -0.3 is 0 Å². The quantitative estimate of drug-likeness (QED) is 0.592. The largest absolute Gasteiger partial charge is 0.290 e. The molecule has 0 heterocycles. The molecule has 82 valence electrons. The van der Waals surface area contributed by atoms with Gasteiger partial charge in [0.2, 0.25) is 17.1 Å². The van der Waals surface area contributed by atoms with E-state index in [0.717, 1.165) is 0 Å². The highest BCUT2D eigenvalue weighted by Crippen LogP contribution is 2.29. The highest BCUT2D eigenvalue weighted by molar-refractivity contribution is 6.35. The van der Waals surface area contributed by atoms with Gasteiger partial charge in [-0.1, -0.05) is 36.1 Å². The number of Topliss-reactive ketones (excluding diaryl/α,β-unsaturated/α-hetero) is 2. The molecule has 0 saturated heterocycles. The number of nitrogens with one attached hydrogen (secondary N) is 1. The molecule has 0 unspecified atom stereocenters. The highest BCUT2D eigenvalue weighted by Gasteiger charge is 2.51. The van der Waals surface area contributed by atoms with Gasteiger partial charge in [0.05, 0.1) is 6.54 Å². The molecule has 0 aliphatic heterocycles. The third-order valence-corrected chi connectivity index (χ3v) is 2.77. The van der Waals surface area contributed by atoms with Crippen molar-refractivity contribution in [3.63, 3.8) is 0 Å². The fourth-order valence-corrected chi connectivity index (χ4v) is 1.91. The molecule has 0 radical (unpaired) electrons. The first kappa shape index (κ1) is 11.1. The SMILES string of the molecule is C#CCNC1(C#C)C(=O)c2ccccc2C1=O. The average Bonchev–Trinajstić information content (AvgIpc) is 2.59. The number of terminal acetylenes is 2. The Hall–Kier alpha value is -2.36. The molecular formula is C14H9NO2. The van der Waals surface area contributed by atoms with E-state index < -0.39 is 17.1 Å². The summed E-state index contributed by atoms with van der Waals surface area (Å²) in [6.45, 7) is 0.0651. The third kappa shape index (κ3) is 1.38. The second kappa shape index (κ2) is 3.90. The summed E-state index contributed by atoms with van der Waals surface area (Å²) >= 11 is 0. The van der Waals surface area contributed by atoms with Crippen LogP contribution in [0.5, 0.6) is 0 Å². The molecule has 0 aromatic heterocycles. The number of benzene rings is 1. The monoisotopic (exact) mass is 223 g/mol. The summed E-state index contributed by atoms with van der Waals surface area (Å²) in [5, 5.41) is 2.67. The van der Waals surface area contributed by atoms with Crippen molar-refractivity contribution in [3.05, 3.63) is 35.4 Å². The maximum Gasteiger partial charge on any atom is 0.208 e. The first-order valence-electron chi connectivity index (χ1n) is 5.02. The van der Waals surface area contributed by atoms with E-state index >= 15 is 0 Å². The molecule has 3 heteroatoms. The Kier molecular flexibility index (Phi) is 2.55. The summed E-state index contributed by atoms with van der Waals surface area (Å²) in [6.07, 6.45) is 10.5. The molecule has 1 aliphatic carbocycles. The molecule has 0 fully saturated rings. The van der Waals surface area contributed by atoms with Crippen LogP contribution in [0.2, 0.25) is 0 Å². The van der Waals surface area contributed by atoms with E-state index in [0.29, 0.717) is 11.1 Å². The lowest BCUT2D eigenvalue weighted by Gasteiger charge is -2.19. The zero-order valence-corrected chi connectivity index (χ0v) is 8.99. The topological polar surface area (TPSA) is 46.2 Å². The van der Waals surface area contributed by atoms with Crippen molar-refractivity contribution in [2.45, 2.75) is 5.54 Å². The van der Waals surface area contributed by atoms with E-state index in [2.05, 4.69) is 17.2 Å². The first-order valence-corrected chi connectivity index (χ1v) is 5.02. The highest BCUT2D eigenvalue weighted by atomic mass is 16.2. The molecule has 17 heavy (non-hydrogen) atoms. The molecule has 1 aliphatic rings. The number of carbonyl (C=O) groups is 2. The van der Waals surface area contributed by atoms with Crippen molar-refractivity contribution in [2.24, 2.45) is 0 Å². The van der Waals surface area contributed by atoms with Crippen LogP contribution < -0.4 is 5.32 Å². The van der Waals surface area contributed by atoms with Gasteiger partial charge in [-0.05, 0) is 0 Å². The van der Waals surface area contributed by atoms with Gasteiger partial charge in [0, 0.05) is 11.1 Å². The average molecular weight is 223 g/mol. The minimum atomic E-state index is -1.63. The molecule has 1 aromatic rings. The number of hydrogen-bond acceptors (Lipinski definition) is 3. The number of ketones is 2. The summed E-state index contributed by atoms with van der Waals surface area (Å²) in [4.78, 5) is 24.3. The molecule has 0 bridgehead atoms. The molecule has 0 atom stereocenters. The van der Waals surface area contributed by atoms with Crippen LogP contribution in [-0.4, -0.2) is 23.7 Å². The fraction of sp³-hybridized carbons (Fsp3) is 0.143. The van der Waals surface area contributed by atoms with Crippen LogP contribution in [0.4, 0.5) is 0 Å². The molecular weight excluding hydrogens is 214 g/mol. The molecule has 2 rings (SSSR count). The summed E-state index contributed by atoms with van der Waals surface area (Å²) in [5.41, 5.74) is -0.935. The van der Waals surface area contributed by atoms with Gasteiger partial charge in [-0.25, -0.2) is 0 Å². The van der Waals surface area contributed by atoms with Gasteiger partial charge in [-0.2, -0.15) is 0 Å². The smallest absolute Gasteiger partial charge is 0.208 e. The maximum atomic E-state index is 12.2. The third-order valence-electron chi connectivity index (χ3n) is 2.77. The number of rotatable bonds is 2. The lowest BCUT2D eigenvalue weighted by Crippen LogP contribution is -2.53. The lowest BCUT2D eigenvalue weighted by molar-refractivity contribution is 0.0819. The Morgan fingerprint density at radius 3 is 2.06 bits per heavy atom. The van der Waals surface area contributed by atoms with Crippen LogP contribution >= 0.6 is 0 Å². The van der Waals surface area contributed by atoms with Gasteiger partial charge in [-0.3, -0.25) is 14.9 Å². The predicted octanol–water partition coefficient (Wildman–Crippen LogP) is 0.660. The van der Waals surface area contributed by atoms with E-state index in [1.54, 1.807) is 24.3 Å². The fourth-order valence-electron chi connectivity index (χ4n) is 1.91. The van der Waals surface area contributed by atoms with Gasteiger partial charge in [0.25, 0.3) is 0 Å². The molecule has 1 aromatic carbocycles. The Morgan fingerprint density at radius 2 is 1.65 bits per heavy atom. The Morgan fingerprint density at radius 1 is 1.12 bits per heavy atom. The van der Waals surface area contributed by atoms with Crippen LogP contribution in [0.15, 0.2) is 24.3 Å². The Bertz CT molecular complexity index is 552. The number of carbonyl (C=O) groups excluding carboxylic acids is 2. The van der Waals surface area contributed by atoms with Crippen LogP contribution in [0.25, 0.3) is 0 Å². The molecule has 0 spiro atoms. The van der Waals surface area contributed by atoms with Crippen LogP contribution in [-0.2, 0) is 0 Å². The Labute approximate surface area is 99.2 Å². The first-order chi connectivity index (χ1) is 8.17. The van der Waals surface area contributed by atoms with Gasteiger partial charge in [0.15, 0.2) is 0 Å². The molecule has 0 saturated carbocycles. The number of hydrogen-bond donors (Lipinski definition) is 1. The van der Waals surface area contributed by atoms with Gasteiger partial charge in [-0.15, -0.1) is 12.8 Å². The minimum absolute atomic E-state index is 0.0651. The standard InChI is InChI=1S/C14H9NO2/c1-3-9-15-14(4-2)12(16)10-7-5-6-8-11(10)13(14)17/h1-2,5-8,15H,9H2. The van der Waals surface area contributed by atoms with E-state index in [1.165, 1.54) is 0 Å². The predicted molar refractivity (Wildman–Crippen MR) is 63.5 cm³/mol. The van der Waals surface area contributed by atoms with Crippen LogP contribution in [0.3, 0.4) is 0 Å². The second-order valence-corrected chi connectivity index (χ2v) is 3.66. The van der Waals surface area contributed by atoms with E-state index in [4.69, 9.17) is 12.8 Å². The maximum absolute atomic E-state index is 12.2. The normalized spacial score (nSPS) is 16.1. The molecule has 3 nitrogen and oxygen atoms in total. The summed E-state index contributed by atoms with van der Waals surface area (Å²) in [5.74, 6) is 3.75. The van der Waals surface area contributed by atoms with Gasteiger partial charge >= 0.3 is 0 Å². The van der Waals surface area contributed by atoms with Crippen LogP contribution in [0.1, 0.15) is 20.7 Å². The van der Waals surface area contributed by atoms with Gasteiger partial charge in [0.1, 0.15) is 0 Å². The zero-order valence-electron chi connectivity index (χ0n) is 8.99. The summed E-state index contributed by atoms with van der Waals surface area (Å²) < 4.78 is 0. The number of fused-ring (bicyclic) bond motifs is 1. The van der Waals surface area contributed by atoms with Crippen LogP contribution in [0, 0.1) is 24.7 Å². The van der Waals surface area contributed by atoms with Crippen molar-refractivity contribution < 1.29 is 9.59 Å². The summed E-state index contributed by atoms with van der Waals surface area (Å²) in [7, 11) is 0. The molecule has 1 N–H and O–H groups in total. The van der Waals surface area contributed by atoms with Crippen molar-refractivity contribution in [1.29, 1.82) is 0 Å². The second-order valence-electron chi connectivity index (χ2n) is 3.66. The van der Waals surface area contributed by atoms with Crippen molar-refractivity contribution >= 4 is 11.6 Å². The Balaban J connectivity index is 2.55. The zero-order chi connectivity index (χ0) is 12.5. The van der Waals surface area contributed by atoms with Crippen molar-refractivity contribution in [3.8, 4) is 24.7 Å². The van der Waals surface area contributed by atoms with Crippen molar-refractivity contribution in [1.82, 2.24) is 5.32 Å². The van der Waals surface area contributed by atoms with E-state index in [9.17, 15) is 9.59 Å². The lowest BCUT2D eigenvalue weighted by atomic mass is 9.94. The molecule has 0 amide bonds. The van der Waals surface area contributed by atoms with Crippen molar-refractivity contribution in [2.75, 3.05) is 6.54 Å². The van der Waals surface area contributed by atoms with E-state index in [-0.39, 0.29) is 6.54 Å². The summed E-state index contributed by atoms with van der Waals surface area (Å²) in [6, 6.07) is 6.56. The minimum Gasteiger partial charge on any atom is -0.290 e.